The van der Waals surface area contributed by atoms with E-state index in [0.29, 0.717) is 19.6 Å². The van der Waals surface area contributed by atoms with Crippen LogP contribution < -0.4 is 19.5 Å². The fraction of sp³-hybridized carbons (Fsp3) is 0.316. The number of hydrogen-bond donors (Lipinski definition) is 1. The number of benzene rings is 2. The van der Waals surface area contributed by atoms with Gasteiger partial charge in [0.25, 0.3) is 0 Å². The van der Waals surface area contributed by atoms with Crippen LogP contribution in [0, 0.1) is 0 Å². The van der Waals surface area contributed by atoms with Gasteiger partial charge in [-0.15, -0.1) is 0 Å². The molecular formula is C19H23NO4. The first-order valence-electron chi connectivity index (χ1n) is 7.88. The highest BCUT2D eigenvalue weighted by Gasteiger charge is 2.02. The van der Waals surface area contributed by atoms with Gasteiger partial charge in [0.2, 0.25) is 5.91 Å². The zero-order valence-corrected chi connectivity index (χ0v) is 14.1. The summed E-state index contributed by atoms with van der Waals surface area (Å²) >= 11 is 0. The van der Waals surface area contributed by atoms with Crippen LogP contribution in [0.5, 0.6) is 17.2 Å². The largest absolute Gasteiger partial charge is 0.497 e. The van der Waals surface area contributed by atoms with E-state index >= 15 is 0 Å². The zero-order valence-electron chi connectivity index (χ0n) is 14.1. The third kappa shape index (κ3) is 5.83. The van der Waals surface area contributed by atoms with Crippen molar-refractivity contribution in [3.8, 4) is 17.2 Å². The van der Waals surface area contributed by atoms with E-state index in [-0.39, 0.29) is 5.91 Å². The Labute approximate surface area is 142 Å². The normalized spacial score (nSPS) is 10.1. The Hall–Kier alpha value is -2.69. The van der Waals surface area contributed by atoms with Gasteiger partial charge in [-0.2, -0.15) is 0 Å². The predicted molar refractivity (Wildman–Crippen MR) is 92.8 cm³/mol. The van der Waals surface area contributed by atoms with Crippen molar-refractivity contribution in [1.82, 2.24) is 5.32 Å². The molecule has 2 aromatic carbocycles. The number of ether oxygens (including phenoxy) is 3. The average molecular weight is 329 g/mol. The Morgan fingerprint density at radius 3 is 2.00 bits per heavy atom. The highest BCUT2D eigenvalue weighted by Crippen LogP contribution is 2.17. The second-order valence-electron chi connectivity index (χ2n) is 5.22. The van der Waals surface area contributed by atoms with Crippen LogP contribution in [-0.4, -0.2) is 33.3 Å². The van der Waals surface area contributed by atoms with Crippen molar-refractivity contribution in [2.75, 3.05) is 27.4 Å². The summed E-state index contributed by atoms with van der Waals surface area (Å²) in [7, 11) is 3.26. The molecule has 0 atom stereocenters. The maximum absolute atomic E-state index is 11.8. The van der Waals surface area contributed by atoms with Crippen molar-refractivity contribution >= 4 is 5.91 Å². The van der Waals surface area contributed by atoms with Crippen LogP contribution in [0.2, 0.25) is 0 Å². The highest BCUT2D eigenvalue weighted by molar-refractivity contribution is 5.75. The van der Waals surface area contributed by atoms with E-state index in [0.717, 1.165) is 29.2 Å². The minimum absolute atomic E-state index is 0.0166. The number of hydrogen-bond acceptors (Lipinski definition) is 4. The lowest BCUT2D eigenvalue weighted by molar-refractivity contribution is -0.121. The Bertz CT molecular complexity index is 567. The van der Waals surface area contributed by atoms with Crippen LogP contribution >= 0.6 is 0 Å². The van der Waals surface area contributed by atoms with Crippen LogP contribution in [-0.2, 0) is 11.2 Å². The van der Waals surface area contributed by atoms with E-state index in [9.17, 15) is 4.79 Å². The van der Waals surface area contributed by atoms with Gasteiger partial charge in [0, 0.05) is 6.54 Å². The molecule has 0 fully saturated rings. The predicted octanol–water partition coefficient (Wildman–Crippen LogP) is 2.83. The molecule has 0 aliphatic rings. The molecule has 2 rings (SSSR count). The molecule has 24 heavy (non-hydrogen) atoms. The molecule has 0 bridgehead atoms. The second-order valence-corrected chi connectivity index (χ2v) is 5.22. The third-order valence-corrected chi connectivity index (χ3v) is 3.55. The summed E-state index contributed by atoms with van der Waals surface area (Å²) in [4.78, 5) is 11.8. The molecule has 0 aliphatic heterocycles. The van der Waals surface area contributed by atoms with Crippen LogP contribution in [0.15, 0.2) is 48.5 Å². The van der Waals surface area contributed by atoms with Gasteiger partial charge in [0.1, 0.15) is 17.2 Å². The molecule has 5 nitrogen and oxygen atoms in total. The molecule has 0 unspecified atom stereocenters. The molecule has 128 valence electrons. The van der Waals surface area contributed by atoms with Gasteiger partial charge in [-0.05, 0) is 48.4 Å². The summed E-state index contributed by atoms with van der Waals surface area (Å²) in [5.41, 5.74) is 1.16. The molecule has 0 saturated heterocycles. The van der Waals surface area contributed by atoms with E-state index in [4.69, 9.17) is 14.2 Å². The minimum atomic E-state index is -0.0166. The quantitative estimate of drug-likeness (QED) is 0.768. The molecule has 0 spiro atoms. The maximum Gasteiger partial charge on any atom is 0.223 e. The molecule has 1 amide bonds. The topological polar surface area (TPSA) is 56.8 Å². The third-order valence-electron chi connectivity index (χ3n) is 3.55. The number of nitrogens with one attached hydrogen (secondary N) is 1. The molecular weight excluding hydrogens is 306 g/mol. The Balaban J connectivity index is 1.62. The molecule has 0 aromatic heterocycles. The SMILES string of the molecule is COc1ccc(CCNC(=O)CCOc2ccc(OC)cc2)cc1. The van der Waals surface area contributed by atoms with Gasteiger partial charge in [-0.3, -0.25) is 4.79 Å². The van der Waals surface area contributed by atoms with Crippen LogP contribution in [0.25, 0.3) is 0 Å². The van der Waals surface area contributed by atoms with Crippen molar-refractivity contribution in [2.24, 2.45) is 0 Å². The lowest BCUT2D eigenvalue weighted by atomic mass is 10.1. The highest BCUT2D eigenvalue weighted by atomic mass is 16.5. The van der Waals surface area contributed by atoms with Gasteiger partial charge in [0.15, 0.2) is 0 Å². The standard InChI is InChI=1S/C19H23NO4/c1-22-16-5-3-15(4-6-16)11-13-20-19(21)12-14-24-18-9-7-17(23-2)8-10-18/h3-10H,11-14H2,1-2H3,(H,20,21). The number of rotatable bonds is 9. The van der Waals surface area contributed by atoms with Crippen LogP contribution in [0.1, 0.15) is 12.0 Å². The summed E-state index contributed by atoms with van der Waals surface area (Å²) in [5, 5.41) is 2.89. The van der Waals surface area contributed by atoms with E-state index < -0.39 is 0 Å². The van der Waals surface area contributed by atoms with E-state index in [1.807, 2.05) is 48.5 Å². The van der Waals surface area contributed by atoms with Gasteiger partial charge >= 0.3 is 0 Å². The van der Waals surface area contributed by atoms with Crippen LogP contribution in [0.4, 0.5) is 0 Å². The number of carbonyl (C=O) groups is 1. The first-order valence-corrected chi connectivity index (χ1v) is 7.88. The molecule has 5 heteroatoms. The van der Waals surface area contributed by atoms with Gasteiger partial charge in [-0.25, -0.2) is 0 Å². The first-order chi connectivity index (χ1) is 11.7. The zero-order chi connectivity index (χ0) is 17.2. The smallest absolute Gasteiger partial charge is 0.223 e. The summed E-state index contributed by atoms with van der Waals surface area (Å²) in [6, 6.07) is 15.1. The van der Waals surface area contributed by atoms with E-state index in [2.05, 4.69) is 5.32 Å². The van der Waals surface area contributed by atoms with Crippen molar-refractivity contribution < 1.29 is 19.0 Å². The van der Waals surface area contributed by atoms with Gasteiger partial charge in [0.05, 0.1) is 27.2 Å². The Morgan fingerprint density at radius 2 is 1.42 bits per heavy atom. The Morgan fingerprint density at radius 1 is 0.875 bits per heavy atom. The molecule has 1 N–H and O–H groups in total. The molecule has 0 radical (unpaired) electrons. The Kier molecular flexibility index (Phi) is 6.95. The average Bonchev–Trinajstić information content (AvgIpc) is 2.63. The summed E-state index contributed by atoms with van der Waals surface area (Å²) in [5.74, 6) is 2.32. The summed E-state index contributed by atoms with van der Waals surface area (Å²) in [6.45, 7) is 0.953. The van der Waals surface area contributed by atoms with Crippen LogP contribution in [0.3, 0.4) is 0 Å². The molecule has 2 aromatic rings. The van der Waals surface area contributed by atoms with Crippen molar-refractivity contribution in [1.29, 1.82) is 0 Å². The van der Waals surface area contributed by atoms with Crippen molar-refractivity contribution in [3.63, 3.8) is 0 Å². The number of amides is 1. The number of carbonyl (C=O) groups excluding carboxylic acids is 1. The van der Waals surface area contributed by atoms with Gasteiger partial charge in [-0.1, -0.05) is 12.1 Å². The first kappa shape index (κ1) is 17.7. The fourth-order valence-electron chi connectivity index (χ4n) is 2.16. The molecule has 0 saturated carbocycles. The fourth-order valence-corrected chi connectivity index (χ4v) is 2.16. The molecule has 0 heterocycles. The van der Waals surface area contributed by atoms with Crippen molar-refractivity contribution in [3.05, 3.63) is 54.1 Å². The van der Waals surface area contributed by atoms with Crippen molar-refractivity contribution in [2.45, 2.75) is 12.8 Å². The second kappa shape index (κ2) is 9.45. The lowest BCUT2D eigenvalue weighted by Crippen LogP contribution is -2.27. The van der Waals surface area contributed by atoms with Gasteiger partial charge < -0.3 is 19.5 Å². The number of methoxy groups -OCH3 is 2. The lowest BCUT2D eigenvalue weighted by Gasteiger charge is -2.08. The summed E-state index contributed by atoms with van der Waals surface area (Å²) in [6.07, 6.45) is 1.11. The monoisotopic (exact) mass is 329 g/mol. The maximum atomic E-state index is 11.8. The minimum Gasteiger partial charge on any atom is -0.497 e. The van der Waals surface area contributed by atoms with E-state index in [1.54, 1.807) is 14.2 Å². The summed E-state index contributed by atoms with van der Waals surface area (Å²) < 4.78 is 15.7. The molecule has 0 aliphatic carbocycles. The van der Waals surface area contributed by atoms with E-state index in [1.165, 1.54) is 0 Å².